The molecule has 0 N–H and O–H groups in total. The number of carbonyl (C=O) groups excluding carboxylic acids is 1. The van der Waals surface area contributed by atoms with Crippen LogP contribution < -0.4 is 0 Å². The van der Waals surface area contributed by atoms with Crippen molar-refractivity contribution in [1.82, 2.24) is 18.8 Å². The lowest BCUT2D eigenvalue weighted by atomic mass is 10.1. The zero-order valence-electron chi connectivity index (χ0n) is 17.6. The Hall–Kier alpha value is -3.20. The first-order valence-electron chi connectivity index (χ1n) is 10.5. The zero-order valence-corrected chi connectivity index (χ0v) is 19.2. The fraction of sp³-hybridized carbons (Fsp3) is 0.167. The predicted molar refractivity (Wildman–Crippen MR) is 127 cm³/mol. The second-order valence-electron chi connectivity index (χ2n) is 7.80. The lowest BCUT2D eigenvalue weighted by Crippen LogP contribution is -2.50. The Morgan fingerprint density at radius 1 is 0.848 bits per heavy atom. The quantitative estimate of drug-likeness (QED) is 0.445. The minimum atomic E-state index is -3.61. The van der Waals surface area contributed by atoms with Crippen molar-refractivity contribution in [3.63, 3.8) is 0 Å². The van der Waals surface area contributed by atoms with Gasteiger partial charge in [-0.05, 0) is 60.7 Å². The molecule has 0 unspecified atom stereocenters. The summed E-state index contributed by atoms with van der Waals surface area (Å²) >= 11 is 5.87. The number of fused-ring (bicyclic) bond motifs is 1. The van der Waals surface area contributed by atoms with Gasteiger partial charge in [-0.1, -0.05) is 23.7 Å². The first-order chi connectivity index (χ1) is 15.9. The lowest BCUT2D eigenvalue weighted by Gasteiger charge is -2.34. The van der Waals surface area contributed by atoms with Crippen molar-refractivity contribution in [1.29, 1.82) is 0 Å². The average Bonchev–Trinajstić information content (AvgIpc) is 3.28. The molecule has 0 aliphatic carbocycles. The molecule has 0 bridgehead atoms. The van der Waals surface area contributed by atoms with Crippen LogP contribution in [0.1, 0.15) is 10.4 Å². The first kappa shape index (κ1) is 21.6. The summed E-state index contributed by atoms with van der Waals surface area (Å²) in [5.74, 6) is -0.111. The van der Waals surface area contributed by atoms with Crippen LogP contribution >= 0.6 is 11.6 Å². The summed E-state index contributed by atoms with van der Waals surface area (Å²) < 4.78 is 29.1. The summed E-state index contributed by atoms with van der Waals surface area (Å²) in [6, 6.07) is 21.4. The number of rotatable bonds is 4. The molecule has 1 aliphatic heterocycles. The molecule has 0 saturated carbocycles. The molecule has 0 spiro atoms. The molecule has 0 radical (unpaired) electrons. The van der Waals surface area contributed by atoms with E-state index in [0.717, 1.165) is 16.7 Å². The van der Waals surface area contributed by atoms with Gasteiger partial charge < -0.3 is 4.90 Å². The molecule has 9 heteroatoms. The monoisotopic (exact) mass is 480 g/mol. The maximum absolute atomic E-state index is 13.0. The average molecular weight is 481 g/mol. The van der Waals surface area contributed by atoms with Crippen molar-refractivity contribution >= 4 is 38.6 Å². The summed E-state index contributed by atoms with van der Waals surface area (Å²) in [7, 11) is -3.61. The van der Waals surface area contributed by atoms with Gasteiger partial charge >= 0.3 is 0 Å². The fourth-order valence-electron chi connectivity index (χ4n) is 4.00. The van der Waals surface area contributed by atoms with E-state index in [1.54, 1.807) is 35.5 Å². The van der Waals surface area contributed by atoms with Crippen molar-refractivity contribution in [3.05, 3.63) is 89.7 Å². The number of hydrogen-bond acceptors (Lipinski definition) is 4. The van der Waals surface area contributed by atoms with E-state index >= 15 is 0 Å². The van der Waals surface area contributed by atoms with Crippen LogP contribution in [-0.2, 0) is 10.0 Å². The minimum absolute atomic E-state index is 0.111. The first-order valence-corrected chi connectivity index (χ1v) is 12.3. The summed E-state index contributed by atoms with van der Waals surface area (Å²) in [6.45, 7) is 1.16. The zero-order chi connectivity index (χ0) is 23.0. The molecular formula is C24H21ClN4O3S. The van der Waals surface area contributed by atoms with E-state index in [0.29, 0.717) is 23.7 Å². The van der Waals surface area contributed by atoms with Crippen LogP contribution in [0, 0.1) is 0 Å². The molecule has 2 heterocycles. The molecule has 168 valence electrons. The Morgan fingerprint density at radius 2 is 1.52 bits per heavy atom. The smallest absolute Gasteiger partial charge is 0.253 e. The highest BCUT2D eigenvalue weighted by Gasteiger charge is 2.30. The van der Waals surface area contributed by atoms with Crippen molar-refractivity contribution in [3.8, 4) is 5.69 Å². The third kappa shape index (κ3) is 4.13. The van der Waals surface area contributed by atoms with Crippen LogP contribution in [0.3, 0.4) is 0 Å². The molecule has 33 heavy (non-hydrogen) atoms. The summed E-state index contributed by atoms with van der Waals surface area (Å²) in [4.78, 5) is 19.3. The Labute approximate surface area is 196 Å². The number of piperazine rings is 1. The molecule has 1 saturated heterocycles. The molecule has 1 aromatic heterocycles. The molecule has 1 amide bonds. The molecule has 4 aromatic rings. The van der Waals surface area contributed by atoms with Crippen LogP contribution in [-0.4, -0.2) is 59.3 Å². The molecule has 3 aromatic carbocycles. The predicted octanol–water partition coefficient (Wildman–Crippen LogP) is 3.83. The minimum Gasteiger partial charge on any atom is -0.336 e. The number of aromatic nitrogens is 2. The Balaban J connectivity index is 1.27. The standard InChI is InChI=1S/C24H21ClN4O3S/c25-19-7-11-21(12-8-19)33(31,32)28-15-13-27(14-16-28)24(30)18-5-9-20(10-6-18)29-17-26-22-3-1-2-4-23(22)29/h1-12,17H,13-16H2. The number of carbonyl (C=O) groups is 1. The van der Waals surface area contributed by atoms with Gasteiger partial charge in [-0.3, -0.25) is 9.36 Å². The van der Waals surface area contributed by atoms with Gasteiger partial charge in [-0.25, -0.2) is 13.4 Å². The Morgan fingerprint density at radius 3 is 2.21 bits per heavy atom. The largest absolute Gasteiger partial charge is 0.336 e. The number of nitrogens with zero attached hydrogens (tertiary/aromatic N) is 4. The summed E-state index contributed by atoms with van der Waals surface area (Å²) in [5, 5.41) is 0.483. The molecule has 0 atom stereocenters. The number of para-hydroxylation sites is 2. The molecule has 1 fully saturated rings. The van der Waals surface area contributed by atoms with E-state index in [1.807, 2.05) is 41.0 Å². The van der Waals surface area contributed by atoms with Crippen LogP contribution in [0.15, 0.2) is 84.0 Å². The number of benzene rings is 3. The van der Waals surface area contributed by atoms with E-state index in [-0.39, 0.29) is 23.9 Å². The highest BCUT2D eigenvalue weighted by Crippen LogP contribution is 2.22. The second kappa shape index (κ2) is 8.62. The SMILES string of the molecule is O=C(c1ccc(-n2cnc3ccccc32)cc1)N1CCN(S(=O)(=O)c2ccc(Cl)cc2)CC1. The van der Waals surface area contributed by atoms with Gasteiger partial charge in [-0.2, -0.15) is 4.31 Å². The van der Waals surface area contributed by atoms with Crippen molar-refractivity contribution in [2.75, 3.05) is 26.2 Å². The van der Waals surface area contributed by atoms with Crippen molar-refractivity contribution < 1.29 is 13.2 Å². The van der Waals surface area contributed by atoms with E-state index in [9.17, 15) is 13.2 Å². The van der Waals surface area contributed by atoms with Crippen LogP contribution in [0.25, 0.3) is 16.7 Å². The maximum Gasteiger partial charge on any atom is 0.253 e. The van der Waals surface area contributed by atoms with Crippen LogP contribution in [0.2, 0.25) is 5.02 Å². The molecule has 5 rings (SSSR count). The number of sulfonamides is 1. The number of hydrogen-bond donors (Lipinski definition) is 0. The maximum atomic E-state index is 13.0. The van der Waals surface area contributed by atoms with Gasteiger partial charge in [0.15, 0.2) is 0 Å². The third-order valence-electron chi connectivity index (χ3n) is 5.82. The van der Waals surface area contributed by atoms with Crippen molar-refractivity contribution in [2.24, 2.45) is 0 Å². The van der Waals surface area contributed by atoms with Crippen LogP contribution in [0.5, 0.6) is 0 Å². The molecule has 7 nitrogen and oxygen atoms in total. The number of imidazole rings is 1. The van der Waals surface area contributed by atoms with Gasteiger partial charge in [0.2, 0.25) is 10.0 Å². The topological polar surface area (TPSA) is 75.5 Å². The van der Waals surface area contributed by atoms with Gasteiger partial charge in [0.05, 0.1) is 15.9 Å². The van der Waals surface area contributed by atoms with Crippen LogP contribution in [0.4, 0.5) is 0 Å². The third-order valence-corrected chi connectivity index (χ3v) is 7.99. The lowest BCUT2D eigenvalue weighted by molar-refractivity contribution is 0.0698. The molecule has 1 aliphatic rings. The normalized spacial score (nSPS) is 15.1. The Bertz CT molecular complexity index is 1410. The van der Waals surface area contributed by atoms with Gasteiger partial charge in [0, 0.05) is 42.5 Å². The highest BCUT2D eigenvalue weighted by atomic mass is 35.5. The second-order valence-corrected chi connectivity index (χ2v) is 10.2. The van der Waals surface area contributed by atoms with E-state index in [2.05, 4.69) is 4.98 Å². The van der Waals surface area contributed by atoms with Gasteiger partial charge in [-0.15, -0.1) is 0 Å². The number of halogens is 1. The Kier molecular flexibility index (Phi) is 5.65. The number of amides is 1. The van der Waals surface area contributed by atoms with Gasteiger partial charge in [0.1, 0.15) is 6.33 Å². The van der Waals surface area contributed by atoms with E-state index < -0.39 is 10.0 Å². The summed E-state index contributed by atoms with van der Waals surface area (Å²) in [5.41, 5.74) is 3.38. The fourth-order valence-corrected chi connectivity index (χ4v) is 5.55. The molecular weight excluding hydrogens is 460 g/mol. The summed E-state index contributed by atoms with van der Waals surface area (Å²) in [6.07, 6.45) is 1.77. The van der Waals surface area contributed by atoms with Crippen molar-refractivity contribution in [2.45, 2.75) is 4.90 Å². The van der Waals surface area contributed by atoms with E-state index in [1.165, 1.54) is 16.4 Å². The van der Waals surface area contributed by atoms with Gasteiger partial charge in [0.25, 0.3) is 5.91 Å². The van der Waals surface area contributed by atoms with E-state index in [4.69, 9.17) is 11.6 Å². The highest BCUT2D eigenvalue weighted by molar-refractivity contribution is 7.89.